The summed E-state index contributed by atoms with van der Waals surface area (Å²) in [5, 5.41) is 0. The van der Waals surface area contributed by atoms with Gasteiger partial charge < -0.3 is 5.73 Å². The molecule has 1 nitrogen and oxygen atoms in total. The SMILES string of the molecule is C\C=C/C(C)=C\C=C(/C)N. The summed E-state index contributed by atoms with van der Waals surface area (Å²) in [6.45, 7) is 5.91. The van der Waals surface area contributed by atoms with Gasteiger partial charge in [0.05, 0.1) is 0 Å². The van der Waals surface area contributed by atoms with E-state index in [9.17, 15) is 0 Å². The highest BCUT2D eigenvalue weighted by Gasteiger charge is 1.76. The van der Waals surface area contributed by atoms with Crippen LogP contribution in [-0.2, 0) is 0 Å². The molecule has 0 aliphatic carbocycles. The molecule has 0 bridgehead atoms. The Morgan fingerprint density at radius 1 is 1.20 bits per heavy atom. The lowest BCUT2D eigenvalue weighted by Crippen LogP contribution is -1.87. The maximum Gasteiger partial charge on any atom is 0.00489 e. The van der Waals surface area contributed by atoms with Crippen molar-refractivity contribution in [3.05, 3.63) is 35.6 Å². The van der Waals surface area contributed by atoms with Crippen LogP contribution < -0.4 is 5.73 Å². The van der Waals surface area contributed by atoms with Gasteiger partial charge in [0.1, 0.15) is 0 Å². The zero-order chi connectivity index (χ0) is 7.98. The van der Waals surface area contributed by atoms with Gasteiger partial charge in [0, 0.05) is 5.70 Å². The Balaban J connectivity index is 4.05. The largest absolute Gasteiger partial charge is 0.402 e. The van der Waals surface area contributed by atoms with Crippen molar-refractivity contribution in [2.75, 3.05) is 0 Å². The maximum absolute atomic E-state index is 5.43. The van der Waals surface area contributed by atoms with E-state index in [1.165, 1.54) is 5.57 Å². The zero-order valence-electron chi connectivity index (χ0n) is 6.89. The van der Waals surface area contributed by atoms with Crippen LogP contribution in [0.4, 0.5) is 0 Å². The predicted molar refractivity (Wildman–Crippen MR) is 46.5 cm³/mol. The summed E-state index contributed by atoms with van der Waals surface area (Å²) >= 11 is 0. The van der Waals surface area contributed by atoms with Gasteiger partial charge >= 0.3 is 0 Å². The molecule has 0 aromatic heterocycles. The van der Waals surface area contributed by atoms with Gasteiger partial charge in [-0.25, -0.2) is 0 Å². The molecule has 0 amide bonds. The van der Waals surface area contributed by atoms with Crippen molar-refractivity contribution in [2.45, 2.75) is 20.8 Å². The normalized spacial score (nSPS) is 14.7. The van der Waals surface area contributed by atoms with Gasteiger partial charge in [-0.2, -0.15) is 0 Å². The van der Waals surface area contributed by atoms with Gasteiger partial charge in [-0.15, -0.1) is 0 Å². The minimum absolute atomic E-state index is 0.837. The minimum atomic E-state index is 0.837. The second kappa shape index (κ2) is 4.86. The van der Waals surface area contributed by atoms with Crippen molar-refractivity contribution in [1.82, 2.24) is 0 Å². The zero-order valence-corrected chi connectivity index (χ0v) is 6.89. The molecular weight excluding hydrogens is 122 g/mol. The number of rotatable bonds is 2. The lowest BCUT2D eigenvalue weighted by Gasteiger charge is -1.87. The quantitative estimate of drug-likeness (QED) is 0.581. The van der Waals surface area contributed by atoms with E-state index in [-0.39, 0.29) is 0 Å². The van der Waals surface area contributed by atoms with Crippen LogP contribution in [0.3, 0.4) is 0 Å². The summed E-state index contributed by atoms with van der Waals surface area (Å²) in [6.07, 6.45) is 7.94. The van der Waals surface area contributed by atoms with E-state index < -0.39 is 0 Å². The van der Waals surface area contributed by atoms with Crippen molar-refractivity contribution >= 4 is 0 Å². The first-order valence-electron chi connectivity index (χ1n) is 3.40. The lowest BCUT2D eigenvalue weighted by molar-refractivity contribution is 1.31. The molecule has 0 spiro atoms. The molecule has 56 valence electrons. The number of allylic oxidation sites excluding steroid dienone is 6. The topological polar surface area (TPSA) is 26.0 Å². The highest BCUT2D eigenvalue weighted by molar-refractivity contribution is 5.22. The van der Waals surface area contributed by atoms with Crippen LogP contribution in [0.25, 0.3) is 0 Å². The smallest absolute Gasteiger partial charge is 0.00489 e. The van der Waals surface area contributed by atoms with Crippen molar-refractivity contribution in [3.8, 4) is 0 Å². The molecule has 0 atom stereocenters. The molecule has 0 aromatic carbocycles. The number of hydrogen-bond acceptors (Lipinski definition) is 1. The van der Waals surface area contributed by atoms with Crippen molar-refractivity contribution in [1.29, 1.82) is 0 Å². The van der Waals surface area contributed by atoms with E-state index in [1.807, 2.05) is 45.1 Å². The third-order valence-electron chi connectivity index (χ3n) is 1.04. The molecule has 0 rings (SSSR count). The van der Waals surface area contributed by atoms with Crippen molar-refractivity contribution < 1.29 is 0 Å². The Kier molecular flexibility index (Phi) is 4.38. The average molecular weight is 137 g/mol. The summed E-state index contributed by atoms with van der Waals surface area (Å²) in [7, 11) is 0. The molecule has 0 saturated heterocycles. The molecule has 0 fully saturated rings. The van der Waals surface area contributed by atoms with Gasteiger partial charge in [-0.3, -0.25) is 0 Å². The molecule has 0 aromatic rings. The minimum Gasteiger partial charge on any atom is -0.402 e. The first kappa shape index (κ1) is 9.02. The number of nitrogens with two attached hydrogens (primary N) is 1. The standard InChI is InChI=1S/C9H15N/c1-4-5-8(2)6-7-9(3)10/h4-7H,10H2,1-3H3/b5-4-,8-6-,9-7+. The van der Waals surface area contributed by atoms with Crippen LogP contribution in [-0.4, -0.2) is 0 Å². The van der Waals surface area contributed by atoms with E-state index in [0.29, 0.717) is 0 Å². The van der Waals surface area contributed by atoms with E-state index in [4.69, 9.17) is 5.73 Å². The van der Waals surface area contributed by atoms with Gasteiger partial charge in [-0.05, 0) is 26.8 Å². The highest BCUT2D eigenvalue weighted by atomic mass is 14.5. The fourth-order valence-corrected chi connectivity index (χ4v) is 0.581. The molecule has 10 heavy (non-hydrogen) atoms. The van der Waals surface area contributed by atoms with Crippen LogP contribution in [0.15, 0.2) is 35.6 Å². The maximum atomic E-state index is 5.43. The first-order chi connectivity index (χ1) is 4.66. The van der Waals surface area contributed by atoms with Gasteiger partial charge in [-0.1, -0.05) is 23.8 Å². The van der Waals surface area contributed by atoms with E-state index in [0.717, 1.165) is 5.70 Å². The summed E-state index contributed by atoms with van der Waals surface area (Å²) in [4.78, 5) is 0. The van der Waals surface area contributed by atoms with Gasteiger partial charge in [0.25, 0.3) is 0 Å². The van der Waals surface area contributed by atoms with Crippen molar-refractivity contribution in [2.24, 2.45) is 5.73 Å². The second-order valence-electron chi connectivity index (χ2n) is 2.32. The Morgan fingerprint density at radius 3 is 2.20 bits per heavy atom. The molecule has 2 N–H and O–H groups in total. The van der Waals surface area contributed by atoms with Crippen LogP contribution >= 0.6 is 0 Å². The van der Waals surface area contributed by atoms with E-state index in [1.54, 1.807) is 0 Å². The third-order valence-corrected chi connectivity index (χ3v) is 1.04. The molecule has 0 unspecified atom stereocenters. The molecule has 0 aliphatic rings. The first-order valence-corrected chi connectivity index (χ1v) is 3.40. The molecular formula is C9H15N. The summed E-state index contributed by atoms with van der Waals surface area (Å²) in [5.41, 5.74) is 7.48. The monoisotopic (exact) mass is 137 g/mol. The fourth-order valence-electron chi connectivity index (χ4n) is 0.581. The Hall–Kier alpha value is -0.980. The van der Waals surface area contributed by atoms with Crippen LogP contribution in [0, 0.1) is 0 Å². The molecule has 0 aliphatic heterocycles. The Morgan fingerprint density at radius 2 is 1.80 bits per heavy atom. The predicted octanol–water partition coefficient (Wildman–Crippen LogP) is 2.37. The Labute approximate surface area is 62.9 Å². The molecule has 1 heteroatoms. The highest BCUT2D eigenvalue weighted by Crippen LogP contribution is 1.95. The lowest BCUT2D eigenvalue weighted by atomic mass is 10.2. The Bertz CT molecular complexity index is 169. The third kappa shape index (κ3) is 5.16. The van der Waals surface area contributed by atoms with Crippen LogP contribution in [0.2, 0.25) is 0 Å². The van der Waals surface area contributed by atoms with E-state index >= 15 is 0 Å². The summed E-state index contributed by atoms with van der Waals surface area (Å²) < 4.78 is 0. The van der Waals surface area contributed by atoms with Gasteiger partial charge in [0.2, 0.25) is 0 Å². The summed E-state index contributed by atoms with van der Waals surface area (Å²) in [5.74, 6) is 0. The van der Waals surface area contributed by atoms with Crippen LogP contribution in [0.1, 0.15) is 20.8 Å². The second-order valence-corrected chi connectivity index (χ2v) is 2.32. The molecule has 0 radical (unpaired) electrons. The fraction of sp³-hybridized carbons (Fsp3) is 0.333. The molecule has 0 saturated carbocycles. The summed E-state index contributed by atoms with van der Waals surface area (Å²) in [6, 6.07) is 0. The van der Waals surface area contributed by atoms with Gasteiger partial charge in [0.15, 0.2) is 0 Å². The number of hydrogen-bond donors (Lipinski definition) is 1. The average Bonchev–Trinajstić information content (AvgIpc) is 1.85. The van der Waals surface area contributed by atoms with Crippen LogP contribution in [0.5, 0.6) is 0 Å². The molecule has 0 heterocycles. The van der Waals surface area contributed by atoms with Crippen molar-refractivity contribution in [3.63, 3.8) is 0 Å². The van der Waals surface area contributed by atoms with E-state index in [2.05, 4.69) is 0 Å².